The van der Waals surface area contributed by atoms with Gasteiger partial charge in [0.2, 0.25) is 0 Å². The van der Waals surface area contributed by atoms with Crippen molar-refractivity contribution in [2.24, 2.45) is 0 Å². The van der Waals surface area contributed by atoms with Crippen molar-refractivity contribution in [3.63, 3.8) is 0 Å². The van der Waals surface area contributed by atoms with Crippen LogP contribution in [0.5, 0.6) is 23.0 Å². The van der Waals surface area contributed by atoms with Gasteiger partial charge in [-0.15, -0.1) is 0 Å². The third-order valence-corrected chi connectivity index (χ3v) is 4.72. The molecule has 24 heavy (non-hydrogen) atoms. The van der Waals surface area contributed by atoms with Crippen molar-refractivity contribution in [2.75, 3.05) is 0 Å². The Hall–Kier alpha value is -3.20. The van der Waals surface area contributed by atoms with Crippen LogP contribution in [0.25, 0.3) is 21.5 Å². The van der Waals surface area contributed by atoms with E-state index < -0.39 is 0 Å². The zero-order valence-electron chi connectivity index (χ0n) is 12.8. The van der Waals surface area contributed by atoms with E-state index in [4.69, 9.17) is 4.74 Å². The maximum absolute atomic E-state index is 10.3. The molecule has 5 rings (SSSR count). The van der Waals surface area contributed by atoms with Gasteiger partial charge in [0.05, 0.1) is 5.39 Å². The van der Waals surface area contributed by atoms with E-state index in [1.54, 1.807) is 6.07 Å². The Kier molecular flexibility index (Phi) is 2.57. The smallest absolute Gasteiger partial charge is 0.169 e. The molecule has 116 valence electrons. The van der Waals surface area contributed by atoms with Gasteiger partial charge in [-0.2, -0.15) is 0 Å². The first-order valence-electron chi connectivity index (χ1n) is 7.87. The number of benzene rings is 4. The molecule has 0 unspecified atom stereocenters. The lowest BCUT2D eigenvalue weighted by molar-refractivity contribution is 0.405. The summed E-state index contributed by atoms with van der Waals surface area (Å²) in [4.78, 5) is 0. The first-order chi connectivity index (χ1) is 11.7. The van der Waals surface area contributed by atoms with Gasteiger partial charge in [-0.1, -0.05) is 54.6 Å². The minimum absolute atomic E-state index is 0.131. The molecule has 0 atom stereocenters. The SMILES string of the molecule is Oc1ccc2ccc3c(c2c1O)Oc1c(ccc2ccccc12)C3. The number of ether oxygens (including phenoxy) is 1. The second-order valence-corrected chi connectivity index (χ2v) is 6.14. The van der Waals surface area contributed by atoms with Crippen LogP contribution in [0, 0.1) is 0 Å². The molecule has 0 saturated carbocycles. The molecule has 1 aliphatic rings. The summed E-state index contributed by atoms with van der Waals surface area (Å²) in [5, 5.41) is 23.8. The van der Waals surface area contributed by atoms with Gasteiger partial charge in [0.15, 0.2) is 11.5 Å². The summed E-state index contributed by atoms with van der Waals surface area (Å²) in [5.74, 6) is 1.19. The summed E-state index contributed by atoms with van der Waals surface area (Å²) < 4.78 is 6.27. The Morgan fingerprint density at radius 2 is 1.42 bits per heavy atom. The third kappa shape index (κ3) is 1.72. The summed E-state index contributed by atoms with van der Waals surface area (Å²) in [6.45, 7) is 0. The first-order valence-corrected chi connectivity index (χ1v) is 7.87. The van der Waals surface area contributed by atoms with Gasteiger partial charge in [-0.25, -0.2) is 0 Å². The predicted molar refractivity (Wildman–Crippen MR) is 94.1 cm³/mol. The lowest BCUT2D eigenvalue weighted by Crippen LogP contribution is -2.04. The highest BCUT2D eigenvalue weighted by Gasteiger charge is 2.23. The molecule has 0 aliphatic carbocycles. The fourth-order valence-corrected chi connectivity index (χ4v) is 3.51. The van der Waals surface area contributed by atoms with E-state index in [9.17, 15) is 10.2 Å². The van der Waals surface area contributed by atoms with Crippen molar-refractivity contribution in [3.05, 3.63) is 71.8 Å². The average Bonchev–Trinajstić information content (AvgIpc) is 2.62. The summed E-state index contributed by atoms with van der Waals surface area (Å²) >= 11 is 0. The molecular formula is C21H14O3. The molecule has 4 aromatic carbocycles. The van der Waals surface area contributed by atoms with Crippen LogP contribution < -0.4 is 4.74 Å². The van der Waals surface area contributed by atoms with E-state index in [2.05, 4.69) is 18.2 Å². The zero-order chi connectivity index (χ0) is 16.3. The number of phenols is 2. The van der Waals surface area contributed by atoms with Gasteiger partial charge in [0.1, 0.15) is 11.5 Å². The van der Waals surface area contributed by atoms with Crippen molar-refractivity contribution in [3.8, 4) is 23.0 Å². The Bertz CT molecular complexity index is 1130. The van der Waals surface area contributed by atoms with Crippen molar-refractivity contribution in [2.45, 2.75) is 6.42 Å². The van der Waals surface area contributed by atoms with E-state index in [1.807, 2.05) is 30.3 Å². The molecule has 3 heteroatoms. The molecule has 0 amide bonds. The summed E-state index contributed by atoms with van der Waals surface area (Å²) in [6.07, 6.45) is 0.737. The van der Waals surface area contributed by atoms with Crippen LogP contribution in [0.4, 0.5) is 0 Å². The quantitative estimate of drug-likeness (QED) is 0.391. The maximum atomic E-state index is 10.3. The monoisotopic (exact) mass is 314 g/mol. The maximum Gasteiger partial charge on any atom is 0.169 e. The highest BCUT2D eigenvalue weighted by atomic mass is 16.5. The van der Waals surface area contributed by atoms with Crippen molar-refractivity contribution in [1.82, 2.24) is 0 Å². The lowest BCUT2D eigenvalue weighted by atomic mass is 9.94. The molecule has 2 N–H and O–H groups in total. The van der Waals surface area contributed by atoms with Crippen LogP contribution in [0.3, 0.4) is 0 Å². The van der Waals surface area contributed by atoms with Gasteiger partial charge in [-0.05, 0) is 22.4 Å². The molecule has 0 saturated heterocycles. The fourth-order valence-electron chi connectivity index (χ4n) is 3.51. The first kappa shape index (κ1) is 13.3. The van der Waals surface area contributed by atoms with Crippen LogP contribution >= 0.6 is 0 Å². The molecule has 4 aromatic rings. The highest BCUT2D eigenvalue weighted by Crippen LogP contribution is 2.48. The van der Waals surface area contributed by atoms with Gasteiger partial charge in [0.25, 0.3) is 0 Å². The molecule has 1 heterocycles. The van der Waals surface area contributed by atoms with Crippen molar-refractivity contribution >= 4 is 21.5 Å². The molecule has 0 spiro atoms. The Balaban J connectivity index is 1.82. The Morgan fingerprint density at radius 3 is 2.29 bits per heavy atom. The second kappa shape index (κ2) is 4.65. The summed E-state index contributed by atoms with van der Waals surface area (Å²) in [7, 11) is 0. The molecule has 0 radical (unpaired) electrons. The lowest BCUT2D eigenvalue weighted by Gasteiger charge is -2.23. The van der Waals surface area contributed by atoms with E-state index in [0.29, 0.717) is 11.1 Å². The van der Waals surface area contributed by atoms with Gasteiger partial charge < -0.3 is 14.9 Å². The van der Waals surface area contributed by atoms with E-state index in [-0.39, 0.29) is 11.5 Å². The average molecular weight is 314 g/mol. The molecule has 0 aromatic heterocycles. The number of aromatic hydroxyl groups is 2. The fraction of sp³-hybridized carbons (Fsp3) is 0.0476. The van der Waals surface area contributed by atoms with Gasteiger partial charge in [-0.3, -0.25) is 0 Å². The van der Waals surface area contributed by atoms with Crippen LogP contribution in [0.1, 0.15) is 11.1 Å². The molecule has 0 bridgehead atoms. The third-order valence-electron chi connectivity index (χ3n) is 4.72. The van der Waals surface area contributed by atoms with E-state index in [0.717, 1.165) is 39.5 Å². The van der Waals surface area contributed by atoms with E-state index >= 15 is 0 Å². The summed E-state index contributed by atoms with van der Waals surface area (Å²) in [6, 6.07) is 19.5. The Morgan fingerprint density at radius 1 is 0.708 bits per heavy atom. The van der Waals surface area contributed by atoms with Gasteiger partial charge >= 0.3 is 0 Å². The topological polar surface area (TPSA) is 49.7 Å². The number of phenolic OH excluding ortho intramolecular Hbond substituents is 2. The van der Waals surface area contributed by atoms with Gasteiger partial charge in [0, 0.05) is 17.4 Å². The minimum Gasteiger partial charge on any atom is -0.504 e. The molecule has 3 nitrogen and oxygen atoms in total. The standard InChI is InChI=1S/C21H14O3/c22-17-10-9-13-6-8-15-11-14-7-5-12-3-1-2-4-16(12)20(14)24-21(15)18(13)19(17)23/h1-10,22-23H,11H2. The normalized spacial score (nSPS) is 12.7. The molecule has 1 aliphatic heterocycles. The highest BCUT2D eigenvalue weighted by molar-refractivity contribution is 5.98. The van der Waals surface area contributed by atoms with Crippen LogP contribution in [-0.2, 0) is 6.42 Å². The van der Waals surface area contributed by atoms with Crippen LogP contribution in [0.2, 0.25) is 0 Å². The number of rotatable bonds is 0. The number of hydrogen-bond donors (Lipinski definition) is 2. The number of hydrogen-bond acceptors (Lipinski definition) is 3. The number of fused-ring (bicyclic) bond motifs is 6. The predicted octanol–water partition coefficient (Wildman–Crippen LogP) is 5.10. The molecule has 0 fully saturated rings. The van der Waals surface area contributed by atoms with Crippen LogP contribution in [0.15, 0.2) is 60.7 Å². The summed E-state index contributed by atoms with van der Waals surface area (Å²) in [5.41, 5.74) is 2.13. The minimum atomic E-state index is -0.136. The second-order valence-electron chi connectivity index (χ2n) is 6.14. The largest absolute Gasteiger partial charge is 0.504 e. The van der Waals surface area contributed by atoms with Crippen molar-refractivity contribution in [1.29, 1.82) is 0 Å². The van der Waals surface area contributed by atoms with Crippen molar-refractivity contribution < 1.29 is 14.9 Å². The van der Waals surface area contributed by atoms with Crippen LogP contribution in [-0.4, -0.2) is 10.2 Å². The zero-order valence-corrected chi connectivity index (χ0v) is 12.8. The Labute approximate surface area is 138 Å². The molecular weight excluding hydrogens is 300 g/mol. The van der Waals surface area contributed by atoms with E-state index in [1.165, 1.54) is 6.07 Å².